The normalized spacial score (nSPS) is 15.1. The van der Waals surface area contributed by atoms with Crippen LogP contribution in [0.5, 0.6) is 0 Å². The predicted molar refractivity (Wildman–Crippen MR) is 231 cm³/mol. The molecule has 0 spiro atoms. The van der Waals surface area contributed by atoms with Gasteiger partial charge in [0.1, 0.15) is 5.03 Å². The molecule has 9 rings (SSSR count). The molecule has 2 aliphatic heterocycles. The first-order valence-corrected chi connectivity index (χ1v) is 20.8. The van der Waals surface area contributed by atoms with E-state index in [0.29, 0.717) is 61.7 Å². The van der Waals surface area contributed by atoms with E-state index in [-0.39, 0.29) is 12.6 Å². The third-order valence-electron chi connectivity index (χ3n) is 9.47. The Morgan fingerprint density at radius 3 is 1.57 bits per heavy atom. The van der Waals surface area contributed by atoms with Gasteiger partial charge in [-0.1, -0.05) is 90.1 Å². The highest BCUT2D eigenvalue weighted by Crippen LogP contribution is 2.33. The molecule has 16 heteroatoms. The van der Waals surface area contributed by atoms with Crippen LogP contribution in [0.15, 0.2) is 113 Å². The summed E-state index contributed by atoms with van der Waals surface area (Å²) in [5.41, 5.74) is 6.78. The summed E-state index contributed by atoms with van der Waals surface area (Å²) in [6.07, 6.45) is 2.98. The summed E-state index contributed by atoms with van der Waals surface area (Å²) in [6.45, 7) is 10.2. The standard InChI is InChI=1S/C25H26N4O3S.C19H21ClN4O3/c1-25(2,30)16-27-20-14-22(33-19-6-4-3-5-7-19)28-29-21(15-26-23(20)29)17-8-10-18(11-9-17)24-31-12-13-32-24;1-19(2,25)11-22-14-9-16(20)23-24-15(10-21-17(14)24)12-3-5-13(6-4-12)18-26-7-8-27-18/h3-11,14-15,24,27,30H,12-13,16H2,1-2H3;3-6,9-10,18,22,25H,7-8,11H2,1-2H3. The average molecular weight is 851 g/mol. The smallest absolute Gasteiger partial charge is 0.184 e. The number of hydrogen-bond acceptors (Lipinski definition) is 13. The molecule has 4 aromatic heterocycles. The van der Waals surface area contributed by atoms with Crippen LogP contribution in [0.25, 0.3) is 33.8 Å². The summed E-state index contributed by atoms with van der Waals surface area (Å²) in [7, 11) is 0. The van der Waals surface area contributed by atoms with Crippen molar-refractivity contribution in [1.29, 1.82) is 0 Å². The zero-order valence-electron chi connectivity index (χ0n) is 33.7. The Bertz CT molecular complexity index is 2530. The lowest BCUT2D eigenvalue weighted by Gasteiger charge is -2.19. The Labute approximate surface area is 356 Å². The maximum Gasteiger partial charge on any atom is 0.184 e. The van der Waals surface area contributed by atoms with E-state index in [0.717, 1.165) is 49.3 Å². The molecule has 6 heterocycles. The molecule has 0 bridgehead atoms. The number of aliphatic hydroxyl groups is 2. The number of ether oxygens (including phenoxy) is 4. The van der Waals surface area contributed by atoms with E-state index in [9.17, 15) is 10.2 Å². The first kappa shape index (κ1) is 41.6. The zero-order chi connectivity index (χ0) is 41.9. The highest BCUT2D eigenvalue weighted by molar-refractivity contribution is 7.99. The van der Waals surface area contributed by atoms with Crippen LogP contribution in [0.1, 0.15) is 51.4 Å². The molecule has 0 unspecified atom stereocenters. The number of nitrogens with zero attached hydrogens (tertiary/aromatic N) is 6. The van der Waals surface area contributed by atoms with Crippen molar-refractivity contribution in [2.45, 2.75) is 61.4 Å². The second kappa shape index (κ2) is 17.9. The van der Waals surface area contributed by atoms with Crippen molar-refractivity contribution in [1.82, 2.24) is 29.2 Å². The van der Waals surface area contributed by atoms with Crippen LogP contribution in [-0.4, -0.2) is 90.1 Å². The van der Waals surface area contributed by atoms with Crippen molar-refractivity contribution in [3.8, 4) is 22.5 Å². The van der Waals surface area contributed by atoms with E-state index in [1.165, 1.54) is 0 Å². The summed E-state index contributed by atoms with van der Waals surface area (Å²) < 4.78 is 25.8. The molecule has 4 N–H and O–H groups in total. The van der Waals surface area contributed by atoms with Crippen LogP contribution >= 0.6 is 23.4 Å². The molecule has 0 amide bonds. The first-order valence-electron chi connectivity index (χ1n) is 19.6. The molecule has 0 radical (unpaired) electrons. The quantitative estimate of drug-likeness (QED) is 0.0936. The lowest BCUT2D eigenvalue weighted by molar-refractivity contribution is -0.0443. The van der Waals surface area contributed by atoms with Gasteiger partial charge in [-0.3, -0.25) is 0 Å². The van der Waals surface area contributed by atoms with Crippen molar-refractivity contribution in [3.63, 3.8) is 0 Å². The number of hydrogen-bond donors (Lipinski definition) is 4. The Morgan fingerprint density at radius 2 is 1.10 bits per heavy atom. The maximum atomic E-state index is 10.2. The molecule has 7 aromatic rings. The van der Waals surface area contributed by atoms with Gasteiger partial charge in [-0.15, -0.1) is 0 Å². The number of nitrogens with one attached hydrogen (secondary N) is 2. The molecule has 2 saturated heterocycles. The third kappa shape index (κ3) is 10.1. The second-order valence-corrected chi connectivity index (χ2v) is 17.2. The summed E-state index contributed by atoms with van der Waals surface area (Å²) in [5.74, 6) is 0. The summed E-state index contributed by atoms with van der Waals surface area (Å²) in [6, 6.07) is 29.8. The Balaban J connectivity index is 0.000000170. The van der Waals surface area contributed by atoms with Crippen LogP contribution in [-0.2, 0) is 18.9 Å². The van der Waals surface area contributed by atoms with Gasteiger partial charge < -0.3 is 39.8 Å². The van der Waals surface area contributed by atoms with Gasteiger partial charge in [-0.25, -0.2) is 19.0 Å². The number of fused-ring (bicyclic) bond motifs is 2. The number of imidazole rings is 2. The van der Waals surface area contributed by atoms with Gasteiger partial charge in [0.25, 0.3) is 0 Å². The number of aromatic nitrogens is 6. The van der Waals surface area contributed by atoms with E-state index < -0.39 is 11.2 Å². The van der Waals surface area contributed by atoms with Crippen LogP contribution in [0, 0.1) is 0 Å². The maximum absolute atomic E-state index is 10.2. The molecule has 312 valence electrons. The fourth-order valence-electron chi connectivity index (χ4n) is 6.54. The van der Waals surface area contributed by atoms with Gasteiger partial charge >= 0.3 is 0 Å². The topological polar surface area (TPSA) is 162 Å². The fraction of sp³-hybridized carbons (Fsp3) is 0.318. The lowest BCUT2D eigenvalue weighted by Crippen LogP contribution is -2.29. The molecule has 3 aromatic carbocycles. The predicted octanol–water partition coefficient (Wildman–Crippen LogP) is 8.05. The van der Waals surface area contributed by atoms with Crippen LogP contribution in [0.4, 0.5) is 11.4 Å². The number of anilines is 2. The minimum atomic E-state index is -0.859. The summed E-state index contributed by atoms with van der Waals surface area (Å²) >= 11 is 7.79. The highest BCUT2D eigenvalue weighted by atomic mass is 35.5. The van der Waals surface area contributed by atoms with E-state index in [1.807, 2.05) is 83.5 Å². The SMILES string of the molecule is CC(C)(O)CNc1cc(Cl)nn2c(-c3ccc(C4OCCO4)cc3)cnc12.CC(C)(O)CNc1cc(Sc2ccccc2)nn2c(-c3ccc(C4OCCO4)cc3)cnc12. The van der Waals surface area contributed by atoms with Crippen LogP contribution < -0.4 is 10.6 Å². The zero-order valence-corrected chi connectivity index (χ0v) is 35.3. The van der Waals surface area contributed by atoms with E-state index in [1.54, 1.807) is 56.2 Å². The molecule has 0 saturated carbocycles. The van der Waals surface area contributed by atoms with E-state index >= 15 is 0 Å². The van der Waals surface area contributed by atoms with Crippen molar-refractivity contribution in [3.05, 3.63) is 120 Å². The molecule has 2 aliphatic rings. The Hall–Kier alpha value is -5.10. The van der Waals surface area contributed by atoms with Gasteiger partial charge in [0.15, 0.2) is 29.0 Å². The summed E-state index contributed by atoms with van der Waals surface area (Å²) in [5, 5.41) is 37.1. The molecule has 0 aliphatic carbocycles. The molecular formula is C44H47ClN8O6S. The number of rotatable bonds is 12. The van der Waals surface area contributed by atoms with Gasteiger partial charge in [-0.2, -0.15) is 10.2 Å². The Morgan fingerprint density at radius 1 is 0.650 bits per heavy atom. The largest absolute Gasteiger partial charge is 0.389 e. The number of halogens is 1. The average Bonchev–Trinajstić information content (AvgIpc) is 4.08. The van der Waals surface area contributed by atoms with Crippen molar-refractivity contribution >= 4 is 46.0 Å². The second-order valence-electron chi connectivity index (χ2n) is 15.7. The minimum Gasteiger partial charge on any atom is -0.389 e. The van der Waals surface area contributed by atoms with Crippen molar-refractivity contribution in [2.75, 3.05) is 50.2 Å². The third-order valence-corrected chi connectivity index (χ3v) is 10.6. The van der Waals surface area contributed by atoms with Gasteiger partial charge in [0, 0.05) is 46.3 Å². The number of benzene rings is 3. The Kier molecular flexibility index (Phi) is 12.4. The van der Waals surface area contributed by atoms with Crippen LogP contribution in [0.3, 0.4) is 0 Å². The fourth-order valence-corrected chi connectivity index (χ4v) is 7.56. The monoisotopic (exact) mass is 850 g/mol. The van der Waals surface area contributed by atoms with Gasteiger partial charge in [0.2, 0.25) is 0 Å². The lowest BCUT2D eigenvalue weighted by atomic mass is 10.1. The van der Waals surface area contributed by atoms with E-state index in [4.69, 9.17) is 35.6 Å². The molecule has 60 heavy (non-hydrogen) atoms. The van der Waals surface area contributed by atoms with E-state index in [2.05, 4.69) is 37.8 Å². The molecule has 2 fully saturated rings. The highest BCUT2D eigenvalue weighted by Gasteiger charge is 2.22. The van der Waals surface area contributed by atoms with Gasteiger partial charge in [-0.05, 0) is 45.9 Å². The van der Waals surface area contributed by atoms with Crippen LogP contribution in [0.2, 0.25) is 5.15 Å². The molecule has 14 nitrogen and oxygen atoms in total. The van der Waals surface area contributed by atoms with Crippen molar-refractivity contribution in [2.24, 2.45) is 0 Å². The molecular weight excluding hydrogens is 804 g/mol. The first-order chi connectivity index (χ1) is 28.9. The molecule has 0 atom stereocenters. The summed E-state index contributed by atoms with van der Waals surface area (Å²) in [4.78, 5) is 10.2. The minimum absolute atomic E-state index is 0.300. The van der Waals surface area contributed by atoms with Gasteiger partial charge in [0.05, 0.1) is 72.8 Å². The van der Waals surface area contributed by atoms with Crippen molar-refractivity contribution < 1.29 is 29.2 Å².